The molecule has 1 aromatic carbocycles. The molecule has 1 aromatic rings. The van der Waals surface area contributed by atoms with Crippen LogP contribution in [0.2, 0.25) is 0 Å². The summed E-state index contributed by atoms with van der Waals surface area (Å²) >= 11 is 8.28. The molecule has 1 N–H and O–H groups in total. The molecule has 0 atom stereocenters. The van der Waals surface area contributed by atoms with Crippen LogP contribution in [0.4, 0.5) is 10.1 Å². The molecule has 0 aromatic heterocycles. The van der Waals surface area contributed by atoms with Crippen LogP contribution in [0.15, 0.2) is 16.6 Å². The predicted molar refractivity (Wildman–Crippen MR) is 63.3 cm³/mol. The van der Waals surface area contributed by atoms with Crippen molar-refractivity contribution in [1.29, 1.82) is 0 Å². The van der Waals surface area contributed by atoms with Crippen LogP contribution in [0.5, 0.6) is 0 Å². The van der Waals surface area contributed by atoms with E-state index in [1.165, 1.54) is 0 Å². The molecule has 0 saturated heterocycles. The third kappa shape index (κ3) is 1.81. The maximum atomic E-state index is 13.7. The van der Waals surface area contributed by atoms with Crippen molar-refractivity contribution >= 4 is 38.8 Å². The first-order chi connectivity index (χ1) is 6.68. The molecule has 0 bridgehead atoms. The van der Waals surface area contributed by atoms with Gasteiger partial charge in [-0.2, -0.15) is 0 Å². The summed E-state index contributed by atoms with van der Waals surface area (Å²) in [6.07, 6.45) is 2.49. The number of hydrogen-bond donors (Lipinski definition) is 1. The smallest absolute Gasteiger partial charge is 0.142 e. The lowest BCUT2D eigenvalue weighted by Crippen LogP contribution is -2.07. The van der Waals surface area contributed by atoms with E-state index < -0.39 is 0 Å². The largest absolute Gasteiger partial charge is 0.350 e. The molecular formula is C10H9BrFNS. The molecule has 74 valence electrons. The van der Waals surface area contributed by atoms with E-state index >= 15 is 0 Å². The highest BCUT2D eigenvalue weighted by Crippen LogP contribution is 2.29. The molecule has 0 saturated carbocycles. The van der Waals surface area contributed by atoms with E-state index in [4.69, 9.17) is 12.2 Å². The van der Waals surface area contributed by atoms with Gasteiger partial charge in [-0.3, -0.25) is 0 Å². The Kier molecular flexibility index (Phi) is 2.83. The van der Waals surface area contributed by atoms with Gasteiger partial charge in [0.05, 0.1) is 9.46 Å². The number of thiocarbonyl (C=S) groups is 1. The second-order valence-corrected chi connectivity index (χ2v) is 4.64. The molecule has 0 amide bonds. The minimum Gasteiger partial charge on any atom is -0.350 e. The van der Waals surface area contributed by atoms with Gasteiger partial charge in [0.1, 0.15) is 5.82 Å². The summed E-state index contributed by atoms with van der Waals surface area (Å²) < 4.78 is 14.2. The van der Waals surface area contributed by atoms with Crippen molar-refractivity contribution in [3.8, 4) is 0 Å². The van der Waals surface area contributed by atoms with Crippen LogP contribution in [0.25, 0.3) is 0 Å². The van der Waals surface area contributed by atoms with Gasteiger partial charge in [-0.1, -0.05) is 12.2 Å². The zero-order valence-corrected chi connectivity index (χ0v) is 9.84. The molecule has 0 unspecified atom stereocenters. The van der Waals surface area contributed by atoms with Crippen LogP contribution in [0.3, 0.4) is 0 Å². The van der Waals surface area contributed by atoms with Gasteiger partial charge in [-0.25, -0.2) is 4.39 Å². The Hall–Kier alpha value is -0.480. The average Bonchev–Trinajstić information content (AvgIpc) is 2.34. The van der Waals surface area contributed by atoms with Crippen LogP contribution in [0.1, 0.15) is 18.4 Å². The fraction of sp³-hybridized carbons (Fsp3) is 0.300. The second kappa shape index (κ2) is 3.95. The number of fused-ring (bicyclic) bond motifs is 1. The molecule has 1 nitrogen and oxygen atoms in total. The number of rotatable bonds is 0. The van der Waals surface area contributed by atoms with Crippen LogP contribution in [0, 0.1) is 5.82 Å². The molecule has 0 fully saturated rings. The van der Waals surface area contributed by atoms with Gasteiger partial charge in [0, 0.05) is 11.3 Å². The first-order valence-electron chi connectivity index (χ1n) is 4.45. The lowest BCUT2D eigenvalue weighted by molar-refractivity contribution is 0.601. The number of anilines is 1. The molecular weight excluding hydrogens is 265 g/mol. The van der Waals surface area contributed by atoms with E-state index in [-0.39, 0.29) is 5.82 Å². The van der Waals surface area contributed by atoms with E-state index in [1.807, 2.05) is 6.07 Å². The summed E-state index contributed by atoms with van der Waals surface area (Å²) in [4.78, 5) is 0.797. The number of benzene rings is 1. The topological polar surface area (TPSA) is 12.0 Å². The zero-order valence-electron chi connectivity index (χ0n) is 7.44. The molecule has 14 heavy (non-hydrogen) atoms. The Bertz CT molecular complexity index is 392. The quantitative estimate of drug-likeness (QED) is 0.724. The van der Waals surface area contributed by atoms with E-state index in [0.717, 1.165) is 35.5 Å². The van der Waals surface area contributed by atoms with Crippen molar-refractivity contribution in [3.05, 3.63) is 28.0 Å². The van der Waals surface area contributed by atoms with Crippen molar-refractivity contribution in [2.45, 2.75) is 19.3 Å². The summed E-state index contributed by atoms with van der Waals surface area (Å²) in [5, 5.41) is 3.06. The van der Waals surface area contributed by atoms with Crippen molar-refractivity contribution < 1.29 is 4.39 Å². The van der Waals surface area contributed by atoms with Crippen molar-refractivity contribution in [1.82, 2.24) is 0 Å². The van der Waals surface area contributed by atoms with Gasteiger partial charge in [0.15, 0.2) is 0 Å². The van der Waals surface area contributed by atoms with Crippen molar-refractivity contribution in [2.24, 2.45) is 0 Å². The highest BCUT2D eigenvalue weighted by molar-refractivity contribution is 9.10. The van der Waals surface area contributed by atoms with Crippen molar-refractivity contribution in [2.75, 3.05) is 5.32 Å². The monoisotopic (exact) mass is 273 g/mol. The standard InChI is InChI=1S/C10H9BrFNS/c11-7-4-5-8-6(10(7)12)2-1-3-9(14)13-8/h4-5H,1-3H2,(H,13,14). The third-order valence-corrected chi connectivity index (χ3v) is 3.22. The number of nitrogens with one attached hydrogen (secondary N) is 1. The molecule has 1 aliphatic rings. The lowest BCUT2D eigenvalue weighted by Gasteiger charge is -2.09. The van der Waals surface area contributed by atoms with Gasteiger partial charge < -0.3 is 5.32 Å². The number of halogens is 2. The normalized spacial score (nSPS) is 15.7. The van der Waals surface area contributed by atoms with Gasteiger partial charge in [-0.15, -0.1) is 0 Å². The second-order valence-electron chi connectivity index (χ2n) is 3.29. The minimum absolute atomic E-state index is 0.167. The van der Waals surface area contributed by atoms with E-state index in [1.54, 1.807) is 6.07 Å². The summed E-state index contributed by atoms with van der Waals surface area (Å²) in [6, 6.07) is 3.56. The Balaban J connectivity index is 2.50. The average molecular weight is 274 g/mol. The van der Waals surface area contributed by atoms with E-state index in [2.05, 4.69) is 21.2 Å². The third-order valence-electron chi connectivity index (χ3n) is 2.30. The summed E-state index contributed by atoms with van der Waals surface area (Å²) in [5.41, 5.74) is 1.55. The highest BCUT2D eigenvalue weighted by atomic mass is 79.9. The lowest BCUT2D eigenvalue weighted by atomic mass is 10.1. The van der Waals surface area contributed by atoms with Gasteiger partial charge in [0.2, 0.25) is 0 Å². The molecule has 1 aliphatic heterocycles. The van der Waals surface area contributed by atoms with Gasteiger partial charge in [0.25, 0.3) is 0 Å². The van der Waals surface area contributed by atoms with E-state index in [0.29, 0.717) is 4.47 Å². The molecule has 1 heterocycles. The molecule has 0 radical (unpaired) electrons. The molecule has 4 heteroatoms. The Morgan fingerprint density at radius 1 is 1.36 bits per heavy atom. The van der Waals surface area contributed by atoms with Gasteiger partial charge >= 0.3 is 0 Å². The van der Waals surface area contributed by atoms with Gasteiger partial charge in [-0.05, 0) is 47.3 Å². The van der Waals surface area contributed by atoms with Crippen LogP contribution < -0.4 is 5.32 Å². The SMILES string of the molecule is Fc1c(Br)ccc2c1CCCC(=S)N2. The highest BCUT2D eigenvalue weighted by Gasteiger charge is 2.15. The maximum Gasteiger partial charge on any atom is 0.142 e. The molecule has 0 spiro atoms. The maximum absolute atomic E-state index is 13.7. The van der Waals surface area contributed by atoms with Crippen LogP contribution in [-0.2, 0) is 6.42 Å². The van der Waals surface area contributed by atoms with Crippen LogP contribution >= 0.6 is 28.1 Å². The first kappa shape index (κ1) is 10.1. The molecule has 2 rings (SSSR count). The summed E-state index contributed by atoms with van der Waals surface area (Å²) in [6.45, 7) is 0. The van der Waals surface area contributed by atoms with Crippen LogP contribution in [-0.4, -0.2) is 4.99 Å². The summed E-state index contributed by atoms with van der Waals surface area (Å²) in [5.74, 6) is -0.167. The predicted octanol–water partition coefficient (Wildman–Crippen LogP) is 3.66. The van der Waals surface area contributed by atoms with Crippen molar-refractivity contribution in [3.63, 3.8) is 0 Å². The Morgan fingerprint density at radius 3 is 2.93 bits per heavy atom. The Morgan fingerprint density at radius 2 is 2.14 bits per heavy atom. The summed E-state index contributed by atoms with van der Waals surface area (Å²) in [7, 11) is 0. The fourth-order valence-corrected chi connectivity index (χ4v) is 2.22. The first-order valence-corrected chi connectivity index (χ1v) is 5.65. The fourth-order valence-electron chi connectivity index (χ4n) is 1.59. The minimum atomic E-state index is -0.167. The van der Waals surface area contributed by atoms with E-state index in [9.17, 15) is 4.39 Å². The Labute approximate surface area is 95.8 Å². The number of hydrogen-bond acceptors (Lipinski definition) is 1. The zero-order chi connectivity index (χ0) is 10.1. The molecule has 0 aliphatic carbocycles.